The second-order valence-electron chi connectivity index (χ2n) is 7.16. The van der Waals surface area contributed by atoms with E-state index in [9.17, 15) is 14.4 Å². The lowest BCUT2D eigenvalue weighted by atomic mass is 10.2. The first kappa shape index (κ1) is 20.9. The summed E-state index contributed by atoms with van der Waals surface area (Å²) in [4.78, 5) is 41.0. The lowest BCUT2D eigenvalue weighted by molar-refractivity contribution is -0.118. The number of carbonyl (C=O) groups is 3. The van der Waals surface area contributed by atoms with Crippen LogP contribution in [0.4, 0.5) is 11.4 Å². The van der Waals surface area contributed by atoms with Gasteiger partial charge in [0.1, 0.15) is 6.54 Å². The zero-order chi connectivity index (χ0) is 22.5. The van der Waals surface area contributed by atoms with Crippen molar-refractivity contribution in [2.75, 3.05) is 16.9 Å². The molecule has 4 rings (SSSR count). The predicted octanol–water partition coefficient (Wildman–Crippen LogP) is 2.41. The van der Waals surface area contributed by atoms with Crippen molar-refractivity contribution < 1.29 is 18.8 Å². The van der Waals surface area contributed by atoms with Crippen LogP contribution in [-0.4, -0.2) is 30.1 Å². The highest BCUT2D eigenvalue weighted by Crippen LogP contribution is 2.16. The second kappa shape index (κ2) is 9.17. The number of amides is 3. The van der Waals surface area contributed by atoms with E-state index < -0.39 is 5.91 Å². The molecule has 162 valence electrons. The summed E-state index contributed by atoms with van der Waals surface area (Å²) in [5.41, 5.74) is 5.82. The number of hydrogen-bond donors (Lipinski definition) is 3. The Morgan fingerprint density at radius 2 is 1.91 bits per heavy atom. The maximum atomic E-state index is 12.6. The standard InChI is InChI=1S/C23H21N5O4/c1-15-7-9-18(10-8-15)28-20(29)14-24-21(27-28)23(31)25-13-16-4-2-5-17(12-16)26-22(30)19-6-3-11-32-19/h2-12H,13-14H2,1H3,(H,24,27)(H,25,31)(H,26,30). The van der Waals surface area contributed by atoms with Gasteiger partial charge in [0.15, 0.2) is 5.76 Å². The van der Waals surface area contributed by atoms with Gasteiger partial charge in [0, 0.05) is 12.2 Å². The zero-order valence-electron chi connectivity index (χ0n) is 17.3. The zero-order valence-corrected chi connectivity index (χ0v) is 17.3. The summed E-state index contributed by atoms with van der Waals surface area (Å²) >= 11 is 0. The molecule has 2 heterocycles. The Hall–Kier alpha value is -4.40. The molecular weight excluding hydrogens is 410 g/mol. The van der Waals surface area contributed by atoms with Crippen LogP contribution in [0, 0.1) is 6.92 Å². The van der Waals surface area contributed by atoms with Crippen LogP contribution < -0.4 is 21.1 Å². The first-order valence-electron chi connectivity index (χ1n) is 9.92. The first-order valence-corrected chi connectivity index (χ1v) is 9.92. The van der Waals surface area contributed by atoms with E-state index in [1.54, 1.807) is 42.5 Å². The molecule has 0 radical (unpaired) electrons. The smallest absolute Gasteiger partial charge is 0.291 e. The number of anilines is 2. The largest absolute Gasteiger partial charge is 0.459 e. The summed E-state index contributed by atoms with van der Waals surface area (Å²) in [5, 5.41) is 6.83. The number of aryl methyl sites for hydroxylation is 1. The number of benzene rings is 2. The van der Waals surface area contributed by atoms with Crippen molar-refractivity contribution >= 4 is 34.9 Å². The lowest BCUT2D eigenvalue weighted by Crippen LogP contribution is -2.55. The van der Waals surface area contributed by atoms with Crippen molar-refractivity contribution in [3.8, 4) is 0 Å². The number of furan rings is 1. The van der Waals surface area contributed by atoms with Gasteiger partial charge < -0.3 is 15.1 Å². The van der Waals surface area contributed by atoms with Gasteiger partial charge >= 0.3 is 0 Å². The molecule has 0 bridgehead atoms. The first-order chi connectivity index (χ1) is 15.5. The molecule has 3 amide bonds. The van der Waals surface area contributed by atoms with Crippen LogP contribution in [0.15, 0.2) is 76.3 Å². The topological polar surface area (TPSA) is 116 Å². The molecular formula is C23H21N5O4. The normalized spacial score (nSPS) is 13.2. The van der Waals surface area contributed by atoms with E-state index in [0.29, 0.717) is 11.4 Å². The monoisotopic (exact) mass is 431 g/mol. The van der Waals surface area contributed by atoms with E-state index in [1.165, 1.54) is 11.3 Å². The van der Waals surface area contributed by atoms with Crippen LogP contribution in [0.5, 0.6) is 0 Å². The summed E-state index contributed by atoms with van der Waals surface area (Å²) < 4.78 is 5.08. The molecule has 0 unspecified atom stereocenters. The van der Waals surface area contributed by atoms with Gasteiger partial charge in [-0.05, 0) is 48.9 Å². The molecule has 1 aliphatic heterocycles. The van der Waals surface area contributed by atoms with Gasteiger partial charge in [-0.1, -0.05) is 29.8 Å². The van der Waals surface area contributed by atoms with Crippen molar-refractivity contribution in [2.24, 2.45) is 4.99 Å². The van der Waals surface area contributed by atoms with Gasteiger partial charge in [-0.3, -0.25) is 24.8 Å². The van der Waals surface area contributed by atoms with Gasteiger partial charge in [-0.15, -0.1) is 0 Å². The number of rotatable bonds is 6. The molecule has 9 heteroatoms. The molecule has 3 N–H and O–H groups in total. The summed E-state index contributed by atoms with van der Waals surface area (Å²) in [6.45, 7) is 2.04. The molecule has 0 spiro atoms. The minimum atomic E-state index is -0.445. The van der Waals surface area contributed by atoms with Crippen LogP contribution in [0.2, 0.25) is 0 Å². The van der Waals surface area contributed by atoms with Gasteiger partial charge in [0.25, 0.3) is 17.7 Å². The van der Waals surface area contributed by atoms with Crippen molar-refractivity contribution in [2.45, 2.75) is 13.5 Å². The fourth-order valence-electron chi connectivity index (χ4n) is 3.07. The summed E-state index contributed by atoms with van der Waals surface area (Å²) in [6.07, 6.45) is 1.43. The van der Waals surface area contributed by atoms with Crippen LogP contribution in [0.1, 0.15) is 21.7 Å². The molecule has 0 saturated heterocycles. The van der Waals surface area contributed by atoms with Crippen molar-refractivity contribution in [3.05, 3.63) is 83.8 Å². The minimum Gasteiger partial charge on any atom is -0.459 e. The highest BCUT2D eigenvalue weighted by Gasteiger charge is 2.25. The average molecular weight is 431 g/mol. The fourth-order valence-corrected chi connectivity index (χ4v) is 3.07. The number of nitrogens with one attached hydrogen (secondary N) is 3. The van der Waals surface area contributed by atoms with Gasteiger partial charge in [-0.2, -0.15) is 0 Å². The maximum Gasteiger partial charge on any atom is 0.291 e. The summed E-state index contributed by atoms with van der Waals surface area (Å²) in [7, 11) is 0. The molecule has 0 fully saturated rings. The number of hydrogen-bond acceptors (Lipinski definition) is 6. The Morgan fingerprint density at radius 1 is 1.09 bits per heavy atom. The summed E-state index contributed by atoms with van der Waals surface area (Å²) in [5.74, 6) is -0.812. The van der Waals surface area contributed by atoms with E-state index in [0.717, 1.165) is 11.1 Å². The molecule has 3 aromatic rings. The lowest BCUT2D eigenvalue weighted by Gasteiger charge is -2.27. The average Bonchev–Trinajstić information content (AvgIpc) is 3.34. The third-order valence-corrected chi connectivity index (χ3v) is 4.73. The van der Waals surface area contributed by atoms with Gasteiger partial charge in [0.05, 0.1) is 12.0 Å². The molecule has 0 atom stereocenters. The molecule has 1 aromatic heterocycles. The Labute approximate surface area is 184 Å². The summed E-state index contributed by atoms with van der Waals surface area (Å²) in [6, 6.07) is 17.6. The predicted molar refractivity (Wildman–Crippen MR) is 119 cm³/mol. The van der Waals surface area contributed by atoms with Crippen LogP contribution in [-0.2, 0) is 16.1 Å². The Kier molecular flexibility index (Phi) is 5.98. The van der Waals surface area contributed by atoms with Crippen molar-refractivity contribution in [1.82, 2.24) is 10.7 Å². The van der Waals surface area contributed by atoms with Crippen LogP contribution in [0.25, 0.3) is 0 Å². The molecule has 0 aliphatic carbocycles. The SMILES string of the molecule is Cc1ccc(N2NC(C(=O)NCc3cccc(NC(=O)c4ccco4)c3)=NCC2=O)cc1. The number of aliphatic imine (C=N–C) groups is 1. The maximum absolute atomic E-state index is 12.6. The fraction of sp³-hybridized carbons (Fsp3) is 0.130. The number of hydrazine groups is 1. The van der Waals surface area contributed by atoms with E-state index in [4.69, 9.17) is 4.42 Å². The molecule has 32 heavy (non-hydrogen) atoms. The molecule has 0 saturated carbocycles. The van der Waals surface area contributed by atoms with E-state index in [-0.39, 0.29) is 36.5 Å². The number of amidine groups is 1. The van der Waals surface area contributed by atoms with Gasteiger partial charge in [-0.25, -0.2) is 5.01 Å². The van der Waals surface area contributed by atoms with Crippen LogP contribution >= 0.6 is 0 Å². The highest BCUT2D eigenvalue weighted by atomic mass is 16.3. The van der Waals surface area contributed by atoms with Crippen molar-refractivity contribution in [1.29, 1.82) is 0 Å². The quantitative estimate of drug-likeness (QED) is 0.554. The third kappa shape index (κ3) is 4.84. The van der Waals surface area contributed by atoms with Crippen LogP contribution in [0.3, 0.4) is 0 Å². The minimum absolute atomic E-state index is 0.0486. The highest BCUT2D eigenvalue weighted by molar-refractivity contribution is 6.39. The third-order valence-electron chi connectivity index (χ3n) is 4.73. The Morgan fingerprint density at radius 3 is 2.66 bits per heavy atom. The Bertz CT molecular complexity index is 1170. The number of carbonyl (C=O) groups excluding carboxylic acids is 3. The molecule has 9 nitrogen and oxygen atoms in total. The number of nitrogens with zero attached hydrogens (tertiary/aromatic N) is 2. The van der Waals surface area contributed by atoms with Gasteiger partial charge in [0.2, 0.25) is 5.84 Å². The molecule has 1 aliphatic rings. The van der Waals surface area contributed by atoms with E-state index in [2.05, 4.69) is 21.1 Å². The van der Waals surface area contributed by atoms with E-state index in [1.807, 2.05) is 25.1 Å². The van der Waals surface area contributed by atoms with Crippen molar-refractivity contribution in [3.63, 3.8) is 0 Å². The van der Waals surface area contributed by atoms with E-state index >= 15 is 0 Å². The molecule has 2 aromatic carbocycles. The second-order valence-corrected chi connectivity index (χ2v) is 7.16. The Balaban J connectivity index is 1.36.